The van der Waals surface area contributed by atoms with Gasteiger partial charge in [0, 0.05) is 44.0 Å². The zero-order valence-corrected chi connectivity index (χ0v) is 15.4. The molecule has 1 unspecified atom stereocenters. The second kappa shape index (κ2) is 8.10. The van der Waals surface area contributed by atoms with E-state index in [9.17, 15) is 9.59 Å². The highest BCUT2D eigenvalue weighted by molar-refractivity contribution is 5.92. The number of carbonyl (C=O) groups is 1. The SMILES string of the molecule is O=C(Nc1ccc2occc(=O)c2c1)N1CCCCC1CN1CCOCC1. The lowest BCUT2D eigenvalue weighted by Gasteiger charge is -2.39. The minimum atomic E-state index is -0.115. The third-order valence-electron chi connectivity index (χ3n) is 5.37. The van der Waals surface area contributed by atoms with Gasteiger partial charge in [-0.15, -0.1) is 0 Å². The van der Waals surface area contributed by atoms with E-state index in [0.29, 0.717) is 16.7 Å². The Bertz CT molecular complexity index is 860. The average molecular weight is 371 g/mol. The summed E-state index contributed by atoms with van der Waals surface area (Å²) in [4.78, 5) is 29.2. The maximum atomic E-state index is 12.9. The molecule has 2 aliphatic rings. The van der Waals surface area contributed by atoms with Crippen LogP contribution < -0.4 is 10.7 Å². The zero-order chi connectivity index (χ0) is 18.6. The standard InChI is InChI=1S/C20H25N3O4/c24-18-6-10-27-19-5-4-15(13-17(18)19)21-20(25)23-7-2-1-3-16(23)14-22-8-11-26-12-9-22/h4-6,10,13,16H,1-3,7-9,11-12,14H2,(H,21,25). The van der Waals surface area contributed by atoms with E-state index in [1.807, 2.05) is 4.90 Å². The Morgan fingerprint density at radius 2 is 2.00 bits per heavy atom. The van der Waals surface area contributed by atoms with E-state index in [4.69, 9.17) is 9.15 Å². The van der Waals surface area contributed by atoms with Crippen LogP contribution in [0.1, 0.15) is 19.3 Å². The molecule has 2 saturated heterocycles. The Morgan fingerprint density at radius 1 is 1.15 bits per heavy atom. The van der Waals surface area contributed by atoms with Crippen molar-refractivity contribution in [3.8, 4) is 0 Å². The number of anilines is 1. The number of morpholine rings is 1. The number of likely N-dealkylation sites (tertiary alicyclic amines) is 1. The summed E-state index contributed by atoms with van der Waals surface area (Å²) < 4.78 is 10.8. The first-order valence-corrected chi connectivity index (χ1v) is 9.60. The molecule has 1 atom stereocenters. The largest absolute Gasteiger partial charge is 0.464 e. The highest BCUT2D eigenvalue weighted by Crippen LogP contribution is 2.21. The number of nitrogens with one attached hydrogen (secondary N) is 1. The number of ether oxygens (including phenoxy) is 1. The third kappa shape index (κ3) is 4.14. The number of hydrogen-bond donors (Lipinski definition) is 1. The number of benzene rings is 1. The van der Waals surface area contributed by atoms with Crippen LogP contribution in [0.3, 0.4) is 0 Å². The van der Waals surface area contributed by atoms with Gasteiger partial charge in [0.2, 0.25) is 0 Å². The molecule has 1 aromatic carbocycles. The van der Waals surface area contributed by atoms with Crippen molar-refractivity contribution in [2.24, 2.45) is 0 Å². The van der Waals surface area contributed by atoms with Gasteiger partial charge in [-0.3, -0.25) is 9.69 Å². The zero-order valence-electron chi connectivity index (χ0n) is 15.4. The molecule has 27 heavy (non-hydrogen) atoms. The number of hydrogen-bond acceptors (Lipinski definition) is 5. The molecule has 3 heterocycles. The van der Waals surface area contributed by atoms with Crippen molar-refractivity contribution in [3.63, 3.8) is 0 Å². The van der Waals surface area contributed by atoms with E-state index >= 15 is 0 Å². The van der Waals surface area contributed by atoms with Crippen LogP contribution in [0.4, 0.5) is 10.5 Å². The summed E-state index contributed by atoms with van der Waals surface area (Å²) in [5, 5.41) is 3.43. The third-order valence-corrected chi connectivity index (χ3v) is 5.37. The van der Waals surface area contributed by atoms with Crippen molar-refractivity contribution in [2.45, 2.75) is 25.3 Å². The van der Waals surface area contributed by atoms with Gasteiger partial charge < -0.3 is 19.4 Å². The van der Waals surface area contributed by atoms with E-state index < -0.39 is 0 Å². The second-order valence-electron chi connectivity index (χ2n) is 7.18. The molecule has 2 amide bonds. The van der Waals surface area contributed by atoms with Crippen molar-refractivity contribution < 1.29 is 13.9 Å². The average Bonchev–Trinajstić information content (AvgIpc) is 2.70. The number of nitrogens with zero attached hydrogens (tertiary/aromatic N) is 2. The number of fused-ring (bicyclic) bond motifs is 1. The van der Waals surface area contributed by atoms with Crippen molar-refractivity contribution in [3.05, 3.63) is 40.8 Å². The number of amides is 2. The van der Waals surface area contributed by atoms with Gasteiger partial charge in [-0.05, 0) is 37.5 Å². The van der Waals surface area contributed by atoms with E-state index in [1.165, 1.54) is 12.3 Å². The molecule has 0 spiro atoms. The van der Waals surface area contributed by atoms with Gasteiger partial charge in [0.1, 0.15) is 5.58 Å². The molecule has 2 aromatic rings. The number of urea groups is 1. The van der Waals surface area contributed by atoms with Crippen LogP contribution in [-0.2, 0) is 4.74 Å². The Morgan fingerprint density at radius 3 is 2.85 bits per heavy atom. The van der Waals surface area contributed by atoms with Crippen molar-refractivity contribution in [1.29, 1.82) is 0 Å². The van der Waals surface area contributed by atoms with Gasteiger partial charge in [0.25, 0.3) is 0 Å². The van der Waals surface area contributed by atoms with Crippen LogP contribution in [0.2, 0.25) is 0 Å². The molecule has 0 saturated carbocycles. The van der Waals surface area contributed by atoms with Gasteiger partial charge in [-0.1, -0.05) is 0 Å². The van der Waals surface area contributed by atoms with Gasteiger partial charge in [0.05, 0.1) is 24.9 Å². The highest BCUT2D eigenvalue weighted by Gasteiger charge is 2.29. The first-order valence-electron chi connectivity index (χ1n) is 9.60. The second-order valence-corrected chi connectivity index (χ2v) is 7.18. The Balaban J connectivity index is 1.47. The first kappa shape index (κ1) is 18.0. The number of carbonyl (C=O) groups excluding carboxylic acids is 1. The fourth-order valence-electron chi connectivity index (χ4n) is 3.90. The molecular formula is C20H25N3O4. The predicted molar refractivity (Wildman–Crippen MR) is 103 cm³/mol. The minimum absolute atomic E-state index is 0.104. The lowest BCUT2D eigenvalue weighted by atomic mass is 10.0. The topological polar surface area (TPSA) is 75.0 Å². The fraction of sp³-hybridized carbons (Fsp3) is 0.500. The summed E-state index contributed by atoms with van der Waals surface area (Å²) in [6.07, 6.45) is 4.57. The molecule has 2 fully saturated rings. The maximum Gasteiger partial charge on any atom is 0.322 e. The molecule has 0 aliphatic carbocycles. The summed E-state index contributed by atoms with van der Waals surface area (Å²) >= 11 is 0. The molecule has 7 nitrogen and oxygen atoms in total. The van der Waals surface area contributed by atoms with Crippen molar-refractivity contribution in [1.82, 2.24) is 9.80 Å². The van der Waals surface area contributed by atoms with Crippen LogP contribution in [0.5, 0.6) is 0 Å². The molecule has 1 N–H and O–H groups in total. The number of rotatable bonds is 3. The quantitative estimate of drug-likeness (QED) is 0.897. The monoisotopic (exact) mass is 371 g/mol. The fourth-order valence-corrected chi connectivity index (χ4v) is 3.90. The van der Waals surface area contributed by atoms with Crippen LogP contribution in [0, 0.1) is 0 Å². The van der Waals surface area contributed by atoms with Crippen LogP contribution in [0.25, 0.3) is 11.0 Å². The Hall–Kier alpha value is -2.38. The van der Waals surface area contributed by atoms with Crippen LogP contribution in [-0.4, -0.2) is 61.3 Å². The van der Waals surface area contributed by atoms with Gasteiger partial charge in [0.15, 0.2) is 5.43 Å². The molecule has 2 aliphatic heterocycles. The summed E-state index contributed by atoms with van der Waals surface area (Å²) in [7, 11) is 0. The minimum Gasteiger partial charge on any atom is -0.464 e. The summed E-state index contributed by atoms with van der Waals surface area (Å²) in [5.41, 5.74) is 1.01. The van der Waals surface area contributed by atoms with Crippen molar-refractivity contribution in [2.75, 3.05) is 44.7 Å². The Labute approximate surface area is 157 Å². The van der Waals surface area contributed by atoms with E-state index in [-0.39, 0.29) is 17.5 Å². The van der Waals surface area contributed by atoms with Crippen LogP contribution >= 0.6 is 0 Å². The first-order chi connectivity index (χ1) is 13.2. The Kier molecular flexibility index (Phi) is 5.40. The molecular weight excluding hydrogens is 346 g/mol. The molecule has 0 radical (unpaired) electrons. The summed E-state index contributed by atoms with van der Waals surface area (Å²) in [6, 6.07) is 6.66. The van der Waals surface area contributed by atoms with Gasteiger partial charge in [-0.25, -0.2) is 4.79 Å². The number of piperidine rings is 1. The van der Waals surface area contributed by atoms with Gasteiger partial charge in [-0.2, -0.15) is 0 Å². The summed E-state index contributed by atoms with van der Waals surface area (Å²) in [6.45, 7) is 5.02. The molecule has 0 bridgehead atoms. The normalized spacial score (nSPS) is 21.3. The van der Waals surface area contributed by atoms with E-state index in [1.54, 1.807) is 18.2 Å². The van der Waals surface area contributed by atoms with Gasteiger partial charge >= 0.3 is 6.03 Å². The van der Waals surface area contributed by atoms with Crippen molar-refractivity contribution >= 4 is 22.7 Å². The molecule has 7 heteroatoms. The predicted octanol–water partition coefficient (Wildman–Crippen LogP) is 2.51. The van der Waals surface area contributed by atoms with E-state index in [2.05, 4.69) is 10.2 Å². The smallest absolute Gasteiger partial charge is 0.322 e. The highest BCUT2D eigenvalue weighted by atomic mass is 16.5. The molecule has 144 valence electrons. The lowest BCUT2D eigenvalue weighted by Crippen LogP contribution is -2.52. The molecule has 4 rings (SSSR count). The molecule has 1 aromatic heterocycles. The lowest BCUT2D eigenvalue weighted by molar-refractivity contribution is 0.0229. The summed E-state index contributed by atoms with van der Waals surface area (Å²) in [5.74, 6) is 0. The van der Waals surface area contributed by atoms with E-state index in [0.717, 1.165) is 58.7 Å². The maximum absolute atomic E-state index is 12.9. The van der Waals surface area contributed by atoms with Crippen LogP contribution in [0.15, 0.2) is 39.7 Å².